The summed E-state index contributed by atoms with van der Waals surface area (Å²) in [6.07, 6.45) is 1.61. The fourth-order valence-electron chi connectivity index (χ4n) is 2.94. The van der Waals surface area contributed by atoms with E-state index in [1.807, 2.05) is 36.4 Å². The van der Waals surface area contributed by atoms with Gasteiger partial charge in [0.2, 0.25) is 0 Å². The van der Waals surface area contributed by atoms with E-state index in [4.69, 9.17) is 5.26 Å². The van der Waals surface area contributed by atoms with E-state index in [9.17, 15) is 4.79 Å². The molecule has 2 N–H and O–H groups in total. The van der Waals surface area contributed by atoms with Crippen LogP contribution in [0.5, 0.6) is 0 Å². The van der Waals surface area contributed by atoms with Crippen molar-refractivity contribution in [2.24, 2.45) is 0 Å². The van der Waals surface area contributed by atoms with Gasteiger partial charge in [-0.2, -0.15) is 5.26 Å². The van der Waals surface area contributed by atoms with Crippen LogP contribution >= 0.6 is 0 Å². The fourth-order valence-corrected chi connectivity index (χ4v) is 2.94. The van der Waals surface area contributed by atoms with Gasteiger partial charge in [0.15, 0.2) is 0 Å². The molecule has 0 aliphatic carbocycles. The van der Waals surface area contributed by atoms with Crippen molar-refractivity contribution in [3.05, 3.63) is 78.1 Å². The summed E-state index contributed by atoms with van der Waals surface area (Å²) in [5.41, 5.74) is 4.40. The first-order chi connectivity index (χ1) is 14.1. The molecule has 6 heteroatoms. The molecule has 0 aliphatic rings. The molecule has 2 aromatic carbocycles. The summed E-state index contributed by atoms with van der Waals surface area (Å²) in [7, 11) is 0. The number of carbonyl (C=O) groups is 1. The van der Waals surface area contributed by atoms with Gasteiger partial charge in [-0.05, 0) is 74.5 Å². The third kappa shape index (κ3) is 5.11. The molecule has 0 radical (unpaired) electrons. The Morgan fingerprint density at radius 3 is 2.10 bits per heavy atom. The highest BCUT2D eigenvalue weighted by Crippen LogP contribution is 2.19. The summed E-state index contributed by atoms with van der Waals surface area (Å²) in [5, 5.41) is 14.9. The lowest BCUT2D eigenvalue weighted by Crippen LogP contribution is -2.21. The van der Waals surface area contributed by atoms with Crippen molar-refractivity contribution in [2.45, 2.75) is 13.8 Å². The number of aromatic nitrogens is 1. The monoisotopic (exact) mass is 385 g/mol. The molecule has 0 unspecified atom stereocenters. The van der Waals surface area contributed by atoms with Gasteiger partial charge in [-0.3, -0.25) is 4.79 Å². The molecule has 6 nitrogen and oxygen atoms in total. The van der Waals surface area contributed by atoms with Crippen molar-refractivity contribution in [1.82, 2.24) is 4.98 Å². The third-order valence-electron chi connectivity index (χ3n) is 4.55. The zero-order valence-electron chi connectivity index (χ0n) is 16.5. The number of pyridine rings is 1. The second-order valence-electron chi connectivity index (χ2n) is 6.42. The van der Waals surface area contributed by atoms with Crippen LogP contribution in [0, 0.1) is 11.3 Å². The van der Waals surface area contributed by atoms with E-state index in [1.54, 1.807) is 30.5 Å². The number of nitriles is 1. The molecule has 0 spiro atoms. The van der Waals surface area contributed by atoms with Crippen LogP contribution in [0.4, 0.5) is 22.7 Å². The van der Waals surface area contributed by atoms with Gasteiger partial charge < -0.3 is 15.5 Å². The highest BCUT2D eigenvalue weighted by atomic mass is 16.1. The molecule has 146 valence electrons. The molecule has 0 saturated heterocycles. The van der Waals surface area contributed by atoms with E-state index in [0.717, 1.165) is 35.8 Å². The van der Waals surface area contributed by atoms with Gasteiger partial charge in [-0.25, -0.2) is 4.98 Å². The standard InChI is InChI=1S/C23H23N5O/c1-3-28(4-2)21-12-9-19(10-13-21)27-23(29)22-14-11-20(16-25-22)26-18-7-5-17(15-24)6-8-18/h5-14,16,26H,3-4H2,1-2H3,(H,27,29). The van der Waals surface area contributed by atoms with E-state index in [1.165, 1.54) is 0 Å². The minimum atomic E-state index is -0.259. The molecular formula is C23H23N5O. The first-order valence-corrected chi connectivity index (χ1v) is 9.52. The molecule has 3 aromatic rings. The number of hydrogen-bond donors (Lipinski definition) is 2. The average Bonchev–Trinajstić information content (AvgIpc) is 2.77. The van der Waals surface area contributed by atoms with Crippen LogP contribution in [-0.4, -0.2) is 24.0 Å². The largest absolute Gasteiger partial charge is 0.372 e. The average molecular weight is 385 g/mol. The molecule has 1 heterocycles. The Balaban J connectivity index is 1.62. The van der Waals surface area contributed by atoms with Crippen molar-refractivity contribution < 1.29 is 4.79 Å². The zero-order chi connectivity index (χ0) is 20.6. The molecule has 1 amide bonds. The van der Waals surface area contributed by atoms with E-state index < -0.39 is 0 Å². The van der Waals surface area contributed by atoms with E-state index in [-0.39, 0.29) is 5.91 Å². The lowest BCUT2D eigenvalue weighted by molar-refractivity contribution is 0.102. The van der Waals surface area contributed by atoms with Gasteiger partial charge in [0.1, 0.15) is 5.69 Å². The van der Waals surface area contributed by atoms with Crippen LogP contribution in [0.3, 0.4) is 0 Å². The second-order valence-corrected chi connectivity index (χ2v) is 6.42. The van der Waals surface area contributed by atoms with Crippen LogP contribution in [0.15, 0.2) is 66.9 Å². The van der Waals surface area contributed by atoms with Gasteiger partial charge in [0, 0.05) is 30.2 Å². The predicted octanol–water partition coefficient (Wildman–Crippen LogP) is 4.80. The number of rotatable bonds is 7. The second kappa shape index (κ2) is 9.38. The van der Waals surface area contributed by atoms with Crippen molar-refractivity contribution in [3.8, 4) is 6.07 Å². The minimum Gasteiger partial charge on any atom is -0.372 e. The maximum atomic E-state index is 12.5. The van der Waals surface area contributed by atoms with Gasteiger partial charge in [-0.1, -0.05) is 0 Å². The Morgan fingerprint density at radius 1 is 0.931 bits per heavy atom. The number of amides is 1. The van der Waals surface area contributed by atoms with Crippen molar-refractivity contribution in [1.29, 1.82) is 5.26 Å². The number of nitrogens with one attached hydrogen (secondary N) is 2. The van der Waals surface area contributed by atoms with E-state index in [0.29, 0.717) is 11.3 Å². The molecule has 0 saturated carbocycles. The first-order valence-electron chi connectivity index (χ1n) is 9.52. The zero-order valence-corrected chi connectivity index (χ0v) is 16.5. The summed E-state index contributed by atoms with van der Waals surface area (Å²) in [6.45, 7) is 6.11. The lowest BCUT2D eigenvalue weighted by Gasteiger charge is -2.21. The van der Waals surface area contributed by atoms with Crippen LogP contribution in [0.1, 0.15) is 29.9 Å². The van der Waals surface area contributed by atoms with Crippen LogP contribution in [0.25, 0.3) is 0 Å². The Kier molecular flexibility index (Phi) is 6.43. The minimum absolute atomic E-state index is 0.259. The number of nitrogens with zero attached hydrogens (tertiary/aromatic N) is 3. The molecule has 0 atom stereocenters. The number of benzene rings is 2. The summed E-state index contributed by atoms with van der Waals surface area (Å²) in [5.74, 6) is -0.259. The third-order valence-corrected chi connectivity index (χ3v) is 4.55. The Morgan fingerprint density at radius 2 is 1.55 bits per heavy atom. The maximum Gasteiger partial charge on any atom is 0.274 e. The summed E-state index contributed by atoms with van der Waals surface area (Å²) >= 11 is 0. The fraction of sp³-hybridized carbons (Fsp3) is 0.174. The van der Waals surface area contributed by atoms with E-state index >= 15 is 0 Å². The Bertz CT molecular complexity index is 985. The SMILES string of the molecule is CCN(CC)c1ccc(NC(=O)c2ccc(Nc3ccc(C#N)cc3)cn2)cc1. The highest BCUT2D eigenvalue weighted by molar-refractivity contribution is 6.03. The normalized spacial score (nSPS) is 10.1. The van der Waals surface area contributed by atoms with Gasteiger partial charge in [0.25, 0.3) is 5.91 Å². The molecule has 3 rings (SSSR count). The van der Waals surface area contributed by atoms with Gasteiger partial charge >= 0.3 is 0 Å². The maximum absolute atomic E-state index is 12.5. The van der Waals surface area contributed by atoms with E-state index in [2.05, 4.69) is 40.4 Å². The number of anilines is 4. The molecule has 29 heavy (non-hydrogen) atoms. The molecule has 0 fully saturated rings. The van der Waals surface area contributed by atoms with Crippen LogP contribution < -0.4 is 15.5 Å². The predicted molar refractivity (Wildman–Crippen MR) is 117 cm³/mol. The summed E-state index contributed by atoms with van der Waals surface area (Å²) < 4.78 is 0. The topological polar surface area (TPSA) is 81.0 Å². The number of hydrogen-bond acceptors (Lipinski definition) is 5. The molecule has 1 aromatic heterocycles. The van der Waals surface area contributed by atoms with Gasteiger partial charge in [-0.15, -0.1) is 0 Å². The molecule has 0 aliphatic heterocycles. The smallest absolute Gasteiger partial charge is 0.274 e. The molecule has 0 bridgehead atoms. The summed E-state index contributed by atoms with van der Waals surface area (Å²) in [6, 6.07) is 20.5. The quantitative estimate of drug-likeness (QED) is 0.611. The van der Waals surface area contributed by atoms with Gasteiger partial charge in [0.05, 0.1) is 23.5 Å². The van der Waals surface area contributed by atoms with Crippen molar-refractivity contribution >= 4 is 28.7 Å². The highest BCUT2D eigenvalue weighted by Gasteiger charge is 2.09. The van der Waals surface area contributed by atoms with Crippen LogP contribution in [0.2, 0.25) is 0 Å². The Labute approximate surface area is 170 Å². The molecular weight excluding hydrogens is 362 g/mol. The van der Waals surface area contributed by atoms with Crippen molar-refractivity contribution in [2.75, 3.05) is 28.6 Å². The lowest BCUT2D eigenvalue weighted by atomic mass is 10.2. The van der Waals surface area contributed by atoms with Crippen molar-refractivity contribution in [3.63, 3.8) is 0 Å². The number of carbonyl (C=O) groups excluding carboxylic acids is 1. The Hall–Kier alpha value is -3.85. The van der Waals surface area contributed by atoms with Crippen LogP contribution in [-0.2, 0) is 0 Å². The summed E-state index contributed by atoms with van der Waals surface area (Å²) in [4.78, 5) is 18.9. The first kappa shape index (κ1) is 19.9.